The average molecular weight is 217 g/mol. The van der Waals surface area contributed by atoms with Gasteiger partial charge in [0.05, 0.1) is 0 Å². The molecule has 0 saturated heterocycles. The van der Waals surface area contributed by atoms with Crippen molar-refractivity contribution in [1.29, 1.82) is 0 Å². The van der Waals surface area contributed by atoms with Crippen LogP contribution in [0.1, 0.15) is 6.42 Å². The van der Waals surface area contributed by atoms with Crippen LogP contribution in [0.15, 0.2) is 6.07 Å². The minimum absolute atomic E-state index is 0.0350. The van der Waals surface area contributed by atoms with Gasteiger partial charge >= 0.3 is 0 Å². The first-order chi connectivity index (χ1) is 7.07. The van der Waals surface area contributed by atoms with E-state index < -0.39 is 29.0 Å². The molecular weight excluding hydrogens is 210 g/mol. The van der Waals surface area contributed by atoms with Crippen molar-refractivity contribution in [3.8, 4) is 12.3 Å². The maximum Gasteiger partial charge on any atom is 0.185 e. The summed E-state index contributed by atoms with van der Waals surface area (Å²) >= 11 is 0. The van der Waals surface area contributed by atoms with Crippen molar-refractivity contribution in [3.63, 3.8) is 0 Å². The molecule has 1 aromatic rings. The molecule has 0 atom stereocenters. The molecule has 5 heteroatoms. The number of hydrogen-bond acceptors (Lipinski definition) is 1. The Hall–Kier alpha value is -1.70. The van der Waals surface area contributed by atoms with Crippen molar-refractivity contribution >= 4 is 5.69 Å². The SMILES string of the molecule is C#CCCNc1c(F)c(F)cc(F)c1F. The maximum absolute atomic E-state index is 13.0. The highest BCUT2D eigenvalue weighted by molar-refractivity contribution is 5.47. The van der Waals surface area contributed by atoms with Gasteiger partial charge in [-0.1, -0.05) is 0 Å². The predicted octanol–water partition coefficient (Wildman–Crippen LogP) is 2.68. The summed E-state index contributed by atoms with van der Waals surface area (Å²) in [5, 5.41) is 2.19. The molecule has 1 nitrogen and oxygen atoms in total. The number of terminal acetylenes is 1. The van der Waals surface area contributed by atoms with Gasteiger partial charge in [-0.2, -0.15) is 0 Å². The molecule has 0 heterocycles. The third kappa shape index (κ3) is 2.40. The van der Waals surface area contributed by atoms with Crippen LogP contribution < -0.4 is 5.32 Å². The summed E-state index contributed by atoms with van der Waals surface area (Å²) in [6.45, 7) is 0.0350. The Kier molecular flexibility index (Phi) is 3.56. The summed E-state index contributed by atoms with van der Waals surface area (Å²) in [6.07, 6.45) is 5.09. The smallest absolute Gasteiger partial charge is 0.185 e. The predicted molar refractivity (Wildman–Crippen MR) is 48.2 cm³/mol. The zero-order valence-corrected chi connectivity index (χ0v) is 7.58. The lowest BCUT2D eigenvalue weighted by molar-refractivity contribution is 0.458. The van der Waals surface area contributed by atoms with Gasteiger partial charge in [-0.15, -0.1) is 12.3 Å². The van der Waals surface area contributed by atoms with Crippen molar-refractivity contribution in [2.75, 3.05) is 11.9 Å². The van der Waals surface area contributed by atoms with Gasteiger partial charge in [-0.05, 0) is 0 Å². The number of rotatable bonds is 3. The number of hydrogen-bond donors (Lipinski definition) is 1. The first-order valence-electron chi connectivity index (χ1n) is 4.08. The Morgan fingerprint density at radius 3 is 2.13 bits per heavy atom. The van der Waals surface area contributed by atoms with Gasteiger partial charge in [0.25, 0.3) is 0 Å². The van der Waals surface area contributed by atoms with E-state index in [2.05, 4.69) is 11.2 Å². The van der Waals surface area contributed by atoms with E-state index in [1.165, 1.54) is 0 Å². The van der Waals surface area contributed by atoms with Crippen LogP contribution in [0.2, 0.25) is 0 Å². The first kappa shape index (κ1) is 11.4. The van der Waals surface area contributed by atoms with Crippen molar-refractivity contribution in [3.05, 3.63) is 29.3 Å². The standard InChI is InChI=1S/C10H7F4N/c1-2-3-4-15-10-8(13)6(11)5-7(12)9(10)14/h1,5,15H,3-4H2. The molecule has 0 saturated carbocycles. The van der Waals surface area contributed by atoms with Gasteiger partial charge in [0, 0.05) is 19.0 Å². The van der Waals surface area contributed by atoms with E-state index in [0.29, 0.717) is 0 Å². The molecule has 1 N–H and O–H groups in total. The quantitative estimate of drug-likeness (QED) is 0.355. The number of nitrogens with one attached hydrogen (secondary N) is 1. The highest BCUT2D eigenvalue weighted by atomic mass is 19.2. The minimum Gasteiger partial charge on any atom is -0.379 e. The summed E-state index contributed by atoms with van der Waals surface area (Å²) in [4.78, 5) is 0. The molecule has 0 bridgehead atoms. The van der Waals surface area contributed by atoms with Gasteiger partial charge in [0.15, 0.2) is 23.3 Å². The second kappa shape index (κ2) is 4.69. The van der Waals surface area contributed by atoms with Gasteiger partial charge < -0.3 is 5.32 Å². The van der Waals surface area contributed by atoms with Crippen molar-refractivity contribution < 1.29 is 17.6 Å². The normalized spacial score (nSPS) is 9.80. The molecule has 0 amide bonds. The Morgan fingerprint density at radius 1 is 1.13 bits per heavy atom. The van der Waals surface area contributed by atoms with E-state index in [-0.39, 0.29) is 19.0 Å². The number of halogens is 4. The first-order valence-corrected chi connectivity index (χ1v) is 4.08. The van der Waals surface area contributed by atoms with Gasteiger partial charge in [0.1, 0.15) is 5.69 Å². The van der Waals surface area contributed by atoms with Crippen LogP contribution in [-0.2, 0) is 0 Å². The topological polar surface area (TPSA) is 12.0 Å². The molecular formula is C10H7F4N. The number of benzene rings is 1. The maximum atomic E-state index is 13.0. The molecule has 0 aliphatic heterocycles. The fourth-order valence-corrected chi connectivity index (χ4v) is 0.988. The Labute approximate surface area is 84.1 Å². The van der Waals surface area contributed by atoms with Crippen LogP contribution in [0.25, 0.3) is 0 Å². The summed E-state index contributed by atoms with van der Waals surface area (Å²) in [5.74, 6) is -3.59. The van der Waals surface area contributed by atoms with Crippen LogP contribution in [0, 0.1) is 35.6 Å². The molecule has 0 fully saturated rings. The molecule has 15 heavy (non-hydrogen) atoms. The molecule has 1 rings (SSSR count). The lowest BCUT2D eigenvalue weighted by Crippen LogP contribution is -2.08. The van der Waals surface area contributed by atoms with E-state index >= 15 is 0 Å². The Morgan fingerprint density at radius 2 is 1.67 bits per heavy atom. The summed E-state index contributed by atoms with van der Waals surface area (Å²) in [5.41, 5.74) is -0.831. The van der Waals surface area contributed by atoms with E-state index in [4.69, 9.17) is 6.42 Å². The molecule has 0 spiro atoms. The minimum atomic E-state index is -1.45. The van der Waals surface area contributed by atoms with Crippen LogP contribution in [-0.4, -0.2) is 6.54 Å². The zero-order valence-electron chi connectivity index (χ0n) is 7.58. The molecule has 1 aromatic carbocycles. The van der Waals surface area contributed by atoms with Crippen LogP contribution in [0.3, 0.4) is 0 Å². The second-order valence-electron chi connectivity index (χ2n) is 2.72. The summed E-state index contributed by atoms with van der Waals surface area (Å²) in [7, 11) is 0. The molecule has 0 radical (unpaired) electrons. The highest BCUT2D eigenvalue weighted by Crippen LogP contribution is 2.23. The molecule has 0 aromatic heterocycles. The van der Waals surface area contributed by atoms with Gasteiger partial charge in [-0.25, -0.2) is 17.6 Å². The molecule has 80 valence electrons. The molecule has 0 aliphatic carbocycles. The van der Waals surface area contributed by atoms with Crippen molar-refractivity contribution in [2.24, 2.45) is 0 Å². The molecule has 0 unspecified atom stereocenters. The Bertz CT molecular complexity index is 383. The second-order valence-corrected chi connectivity index (χ2v) is 2.72. The fraction of sp³-hybridized carbons (Fsp3) is 0.200. The van der Waals surface area contributed by atoms with Gasteiger partial charge in [0.2, 0.25) is 0 Å². The number of anilines is 1. The zero-order chi connectivity index (χ0) is 11.4. The lowest BCUT2D eigenvalue weighted by Gasteiger charge is -2.08. The van der Waals surface area contributed by atoms with E-state index in [9.17, 15) is 17.6 Å². The van der Waals surface area contributed by atoms with E-state index in [1.54, 1.807) is 0 Å². The lowest BCUT2D eigenvalue weighted by atomic mass is 10.2. The van der Waals surface area contributed by atoms with Crippen LogP contribution in [0.5, 0.6) is 0 Å². The molecule has 0 aliphatic rings. The fourth-order valence-electron chi connectivity index (χ4n) is 0.988. The third-order valence-electron chi connectivity index (χ3n) is 1.68. The van der Waals surface area contributed by atoms with E-state index in [1.807, 2.05) is 0 Å². The monoisotopic (exact) mass is 217 g/mol. The summed E-state index contributed by atoms with van der Waals surface area (Å²) < 4.78 is 51.3. The van der Waals surface area contributed by atoms with Crippen molar-refractivity contribution in [1.82, 2.24) is 0 Å². The highest BCUT2D eigenvalue weighted by Gasteiger charge is 2.18. The van der Waals surface area contributed by atoms with Crippen LogP contribution in [0.4, 0.5) is 23.2 Å². The van der Waals surface area contributed by atoms with Crippen LogP contribution >= 0.6 is 0 Å². The van der Waals surface area contributed by atoms with Gasteiger partial charge in [-0.3, -0.25) is 0 Å². The Balaban J connectivity index is 3.00. The summed E-state index contributed by atoms with van der Waals surface area (Å²) in [6, 6.07) is 0.150. The third-order valence-corrected chi connectivity index (χ3v) is 1.68. The largest absolute Gasteiger partial charge is 0.379 e. The average Bonchev–Trinajstić information content (AvgIpc) is 2.20. The van der Waals surface area contributed by atoms with Crippen molar-refractivity contribution in [2.45, 2.75) is 6.42 Å². The van der Waals surface area contributed by atoms with E-state index in [0.717, 1.165) is 0 Å².